The fourth-order valence-electron chi connectivity index (χ4n) is 3.09. The van der Waals surface area contributed by atoms with Crippen LogP contribution >= 0.6 is 0 Å². The highest BCUT2D eigenvalue weighted by molar-refractivity contribution is 5.95. The van der Waals surface area contributed by atoms with Crippen LogP contribution in [0.4, 0.5) is 17.3 Å². The number of fused-ring (bicyclic) bond motifs is 1. The molecule has 26 heavy (non-hydrogen) atoms. The van der Waals surface area contributed by atoms with Crippen molar-refractivity contribution < 1.29 is 9.90 Å². The van der Waals surface area contributed by atoms with Gasteiger partial charge in [-0.2, -0.15) is 0 Å². The Bertz CT molecular complexity index is 934. The van der Waals surface area contributed by atoms with Crippen molar-refractivity contribution in [3.8, 4) is 0 Å². The summed E-state index contributed by atoms with van der Waals surface area (Å²) in [5, 5.41) is 18.6. The SMILES string of the molecule is CC1(C)NC(=O)c2ccc(Nc3cc(NC(O)C4CC4)ncn3)c(=O)n21. The van der Waals surface area contributed by atoms with Gasteiger partial charge in [0, 0.05) is 12.0 Å². The molecule has 3 heterocycles. The number of hydrogen-bond donors (Lipinski definition) is 4. The second-order valence-electron chi connectivity index (χ2n) is 7.13. The summed E-state index contributed by atoms with van der Waals surface area (Å²) in [6, 6.07) is 4.78. The molecule has 1 atom stereocenters. The maximum atomic E-state index is 12.8. The van der Waals surface area contributed by atoms with E-state index in [1.54, 1.807) is 32.0 Å². The molecule has 9 heteroatoms. The molecule has 2 aromatic rings. The molecule has 0 bridgehead atoms. The number of carbonyl (C=O) groups is 1. The molecule has 4 N–H and O–H groups in total. The van der Waals surface area contributed by atoms with Crippen LogP contribution in [-0.4, -0.2) is 31.8 Å². The molecule has 4 rings (SSSR count). The number of hydrogen-bond acceptors (Lipinski definition) is 7. The van der Waals surface area contributed by atoms with Crippen molar-refractivity contribution in [3.63, 3.8) is 0 Å². The van der Waals surface area contributed by atoms with Crippen molar-refractivity contribution in [2.45, 2.75) is 38.6 Å². The van der Waals surface area contributed by atoms with Gasteiger partial charge >= 0.3 is 0 Å². The van der Waals surface area contributed by atoms with Gasteiger partial charge in [-0.15, -0.1) is 0 Å². The first-order chi connectivity index (χ1) is 12.3. The van der Waals surface area contributed by atoms with Gasteiger partial charge < -0.3 is 21.1 Å². The van der Waals surface area contributed by atoms with Gasteiger partial charge in [0.05, 0.1) is 0 Å². The van der Waals surface area contributed by atoms with E-state index in [0.29, 0.717) is 23.0 Å². The average molecular weight is 356 g/mol. The molecule has 0 aromatic carbocycles. The Hall–Kier alpha value is -2.94. The number of aromatic nitrogens is 3. The lowest BCUT2D eigenvalue weighted by Crippen LogP contribution is -2.42. The molecule has 1 fully saturated rings. The van der Waals surface area contributed by atoms with Crippen molar-refractivity contribution in [1.82, 2.24) is 19.9 Å². The number of amides is 1. The minimum absolute atomic E-state index is 0.259. The lowest BCUT2D eigenvalue weighted by atomic mass is 10.2. The second-order valence-corrected chi connectivity index (χ2v) is 7.13. The summed E-state index contributed by atoms with van der Waals surface area (Å²) in [7, 11) is 0. The summed E-state index contributed by atoms with van der Waals surface area (Å²) in [5.74, 6) is 0.870. The van der Waals surface area contributed by atoms with Gasteiger partial charge in [-0.1, -0.05) is 0 Å². The van der Waals surface area contributed by atoms with Crippen LogP contribution in [0.3, 0.4) is 0 Å². The summed E-state index contributed by atoms with van der Waals surface area (Å²) in [6.07, 6.45) is 2.71. The molecule has 1 unspecified atom stereocenters. The Morgan fingerprint density at radius 2 is 2.00 bits per heavy atom. The van der Waals surface area contributed by atoms with E-state index in [1.165, 1.54) is 10.9 Å². The zero-order chi connectivity index (χ0) is 18.5. The Labute approximate surface area is 149 Å². The monoisotopic (exact) mass is 356 g/mol. The molecule has 2 aliphatic rings. The van der Waals surface area contributed by atoms with Crippen LogP contribution in [-0.2, 0) is 5.66 Å². The third-order valence-electron chi connectivity index (χ3n) is 4.59. The molecule has 1 aliphatic carbocycles. The number of anilines is 3. The standard InChI is InChI=1S/C17H20N6O3/c1-17(2)22-15(25)11-6-5-10(16(26)23(11)17)20-12-7-13(19-8-18-12)21-14(24)9-3-4-9/h5-9,14,24H,3-4H2,1-2H3,(H,22,25)(H2,18,19,20,21). The Balaban J connectivity index is 1.60. The molecule has 136 valence electrons. The second kappa shape index (κ2) is 5.80. The summed E-state index contributed by atoms with van der Waals surface area (Å²) < 4.78 is 1.43. The summed E-state index contributed by atoms with van der Waals surface area (Å²) >= 11 is 0. The fraction of sp³-hybridized carbons (Fsp3) is 0.412. The van der Waals surface area contributed by atoms with Crippen LogP contribution in [0.15, 0.2) is 29.3 Å². The van der Waals surface area contributed by atoms with Gasteiger partial charge in [-0.25, -0.2) is 9.97 Å². The quantitative estimate of drug-likeness (QED) is 0.589. The van der Waals surface area contributed by atoms with Crippen molar-refractivity contribution in [2.75, 3.05) is 10.6 Å². The van der Waals surface area contributed by atoms with Crippen LogP contribution in [0.1, 0.15) is 37.2 Å². The van der Waals surface area contributed by atoms with Gasteiger partial charge in [0.1, 0.15) is 41.2 Å². The molecule has 1 amide bonds. The molecule has 0 spiro atoms. The van der Waals surface area contributed by atoms with E-state index in [-0.39, 0.29) is 17.4 Å². The van der Waals surface area contributed by atoms with Crippen molar-refractivity contribution in [2.24, 2.45) is 5.92 Å². The topological polar surface area (TPSA) is 121 Å². The summed E-state index contributed by atoms with van der Waals surface area (Å²) in [4.78, 5) is 33.0. The van der Waals surface area contributed by atoms with Crippen LogP contribution in [0.25, 0.3) is 0 Å². The number of aliphatic hydroxyl groups is 1. The zero-order valence-electron chi connectivity index (χ0n) is 14.5. The molecular formula is C17H20N6O3. The predicted octanol–water partition coefficient (Wildman–Crippen LogP) is 0.958. The first-order valence-electron chi connectivity index (χ1n) is 8.48. The summed E-state index contributed by atoms with van der Waals surface area (Å²) in [6.45, 7) is 3.52. The van der Waals surface area contributed by atoms with Crippen molar-refractivity contribution in [1.29, 1.82) is 0 Å². The number of rotatable bonds is 5. The predicted molar refractivity (Wildman–Crippen MR) is 95.2 cm³/mol. The molecule has 2 aromatic heterocycles. The first kappa shape index (κ1) is 16.5. The number of pyridine rings is 1. The molecule has 1 saturated carbocycles. The highest BCUT2D eigenvalue weighted by Gasteiger charge is 2.36. The first-order valence-corrected chi connectivity index (χ1v) is 8.48. The largest absolute Gasteiger partial charge is 0.373 e. The van der Waals surface area contributed by atoms with Gasteiger partial charge in [0.2, 0.25) is 0 Å². The number of carbonyl (C=O) groups excluding carboxylic acids is 1. The van der Waals surface area contributed by atoms with E-state index in [4.69, 9.17) is 0 Å². The average Bonchev–Trinajstić information content (AvgIpc) is 3.38. The molecule has 1 aliphatic heterocycles. The lowest BCUT2D eigenvalue weighted by molar-refractivity contribution is 0.0935. The van der Waals surface area contributed by atoms with Gasteiger partial charge in [-0.05, 0) is 38.8 Å². The van der Waals surface area contributed by atoms with Crippen LogP contribution in [0.2, 0.25) is 0 Å². The number of nitrogens with one attached hydrogen (secondary N) is 3. The minimum Gasteiger partial charge on any atom is -0.373 e. The highest BCUT2D eigenvalue weighted by atomic mass is 16.3. The van der Waals surface area contributed by atoms with Crippen molar-refractivity contribution >= 4 is 23.2 Å². The molecule has 0 radical (unpaired) electrons. The van der Waals surface area contributed by atoms with Gasteiger partial charge in [0.25, 0.3) is 11.5 Å². The minimum atomic E-state index is -0.798. The molecule has 0 saturated heterocycles. The Morgan fingerprint density at radius 1 is 1.27 bits per heavy atom. The van der Waals surface area contributed by atoms with Crippen LogP contribution in [0.5, 0.6) is 0 Å². The normalized spacial score (nSPS) is 18.8. The molecular weight excluding hydrogens is 336 g/mol. The fourth-order valence-corrected chi connectivity index (χ4v) is 3.09. The van der Waals surface area contributed by atoms with E-state index in [2.05, 4.69) is 25.9 Å². The Morgan fingerprint density at radius 3 is 2.73 bits per heavy atom. The van der Waals surface area contributed by atoms with Crippen LogP contribution in [0, 0.1) is 5.92 Å². The number of aliphatic hydroxyl groups excluding tert-OH is 1. The van der Waals surface area contributed by atoms with E-state index in [9.17, 15) is 14.7 Å². The van der Waals surface area contributed by atoms with Crippen LogP contribution < -0.4 is 21.5 Å². The van der Waals surface area contributed by atoms with E-state index < -0.39 is 11.9 Å². The third kappa shape index (κ3) is 2.90. The van der Waals surface area contributed by atoms with E-state index in [1.807, 2.05) is 0 Å². The van der Waals surface area contributed by atoms with Crippen molar-refractivity contribution in [3.05, 3.63) is 40.6 Å². The van der Waals surface area contributed by atoms with E-state index in [0.717, 1.165) is 12.8 Å². The Kier molecular flexibility index (Phi) is 3.69. The van der Waals surface area contributed by atoms with Gasteiger partial charge in [0.15, 0.2) is 0 Å². The summed E-state index contributed by atoms with van der Waals surface area (Å²) in [5.41, 5.74) is -0.501. The molecule has 9 nitrogen and oxygen atoms in total. The smallest absolute Gasteiger partial charge is 0.276 e. The van der Waals surface area contributed by atoms with E-state index >= 15 is 0 Å². The highest BCUT2D eigenvalue weighted by Crippen LogP contribution is 2.32. The zero-order valence-corrected chi connectivity index (χ0v) is 14.5. The van der Waals surface area contributed by atoms with Gasteiger partial charge in [-0.3, -0.25) is 14.2 Å². The maximum Gasteiger partial charge on any atom is 0.276 e. The number of nitrogens with zero attached hydrogens (tertiary/aromatic N) is 3. The maximum absolute atomic E-state index is 12.8. The lowest BCUT2D eigenvalue weighted by Gasteiger charge is -2.21. The third-order valence-corrected chi connectivity index (χ3v) is 4.59.